The summed E-state index contributed by atoms with van der Waals surface area (Å²) in [6.45, 7) is 2.73. The van der Waals surface area contributed by atoms with Gasteiger partial charge in [0.15, 0.2) is 0 Å². The maximum absolute atomic E-state index is 5.86. The highest BCUT2D eigenvalue weighted by Crippen LogP contribution is 2.20. The molecule has 72 valence electrons. The smallest absolute Gasteiger partial charge is 0.232 e. The molecule has 1 unspecified atom stereocenters. The van der Waals surface area contributed by atoms with Crippen LogP contribution in [-0.4, -0.2) is 24.7 Å². The van der Waals surface area contributed by atoms with Gasteiger partial charge in [-0.2, -0.15) is 0 Å². The molecule has 4 heteroatoms. The summed E-state index contributed by atoms with van der Waals surface area (Å²) in [4.78, 5) is 4.02. The standard InChI is InChI=1S/C9H13ClN2O/c1-7(6-11-2)13-9-8(10)4-3-5-12-9/h3-5,7,11H,6H2,1-2H3. The van der Waals surface area contributed by atoms with Crippen molar-refractivity contribution in [1.29, 1.82) is 0 Å². The molecule has 0 bridgehead atoms. The topological polar surface area (TPSA) is 34.1 Å². The van der Waals surface area contributed by atoms with Crippen LogP contribution in [0.4, 0.5) is 0 Å². The number of halogens is 1. The zero-order chi connectivity index (χ0) is 9.68. The molecule has 0 fully saturated rings. The Bertz CT molecular complexity index is 268. The minimum absolute atomic E-state index is 0.0670. The number of rotatable bonds is 4. The van der Waals surface area contributed by atoms with Crippen molar-refractivity contribution in [1.82, 2.24) is 10.3 Å². The van der Waals surface area contributed by atoms with Crippen LogP contribution in [0.2, 0.25) is 5.02 Å². The Labute approximate surface area is 83.1 Å². The Morgan fingerprint density at radius 2 is 2.46 bits per heavy atom. The molecule has 1 aromatic rings. The molecule has 0 aliphatic heterocycles. The van der Waals surface area contributed by atoms with E-state index < -0.39 is 0 Å². The molecule has 1 aromatic heterocycles. The van der Waals surface area contributed by atoms with E-state index in [1.54, 1.807) is 18.3 Å². The second-order valence-corrected chi connectivity index (χ2v) is 3.18. The molecule has 0 aliphatic carbocycles. The van der Waals surface area contributed by atoms with Gasteiger partial charge in [-0.15, -0.1) is 0 Å². The lowest BCUT2D eigenvalue weighted by Gasteiger charge is -2.13. The van der Waals surface area contributed by atoms with Crippen LogP contribution in [0.3, 0.4) is 0 Å². The SMILES string of the molecule is CNCC(C)Oc1ncccc1Cl. The number of nitrogens with one attached hydrogen (secondary N) is 1. The number of hydrogen-bond acceptors (Lipinski definition) is 3. The molecule has 0 amide bonds. The third kappa shape index (κ3) is 3.20. The number of aromatic nitrogens is 1. The number of ether oxygens (including phenoxy) is 1. The first-order valence-corrected chi connectivity index (χ1v) is 4.53. The van der Waals surface area contributed by atoms with Gasteiger partial charge in [-0.1, -0.05) is 11.6 Å². The number of likely N-dealkylation sites (N-methyl/N-ethyl adjacent to an activating group) is 1. The van der Waals surface area contributed by atoms with Crippen LogP contribution in [0.5, 0.6) is 5.88 Å². The fourth-order valence-corrected chi connectivity index (χ4v) is 1.14. The molecule has 3 nitrogen and oxygen atoms in total. The van der Waals surface area contributed by atoms with E-state index in [4.69, 9.17) is 16.3 Å². The monoisotopic (exact) mass is 200 g/mol. The molecule has 0 saturated carbocycles. The van der Waals surface area contributed by atoms with Crippen molar-refractivity contribution in [3.05, 3.63) is 23.4 Å². The first-order valence-electron chi connectivity index (χ1n) is 4.16. The fourth-order valence-electron chi connectivity index (χ4n) is 0.978. The first kappa shape index (κ1) is 10.3. The number of hydrogen-bond donors (Lipinski definition) is 1. The summed E-state index contributed by atoms with van der Waals surface area (Å²) in [6, 6.07) is 3.54. The predicted molar refractivity (Wildman–Crippen MR) is 53.3 cm³/mol. The molecular formula is C9H13ClN2O. The molecule has 0 radical (unpaired) electrons. The Hall–Kier alpha value is -0.800. The zero-order valence-corrected chi connectivity index (χ0v) is 8.51. The van der Waals surface area contributed by atoms with Crippen molar-refractivity contribution < 1.29 is 4.74 Å². The summed E-state index contributed by atoms with van der Waals surface area (Å²) < 4.78 is 5.48. The Morgan fingerprint density at radius 3 is 3.08 bits per heavy atom. The quantitative estimate of drug-likeness (QED) is 0.804. The van der Waals surface area contributed by atoms with E-state index in [-0.39, 0.29) is 6.10 Å². The average molecular weight is 201 g/mol. The molecule has 0 aromatic carbocycles. The highest BCUT2D eigenvalue weighted by atomic mass is 35.5. The molecule has 0 saturated heterocycles. The molecule has 1 rings (SSSR count). The largest absolute Gasteiger partial charge is 0.472 e. The summed E-state index contributed by atoms with van der Waals surface area (Å²) in [5.41, 5.74) is 0. The summed E-state index contributed by atoms with van der Waals surface area (Å²) in [5.74, 6) is 0.493. The summed E-state index contributed by atoms with van der Waals surface area (Å²) >= 11 is 5.86. The normalized spacial score (nSPS) is 12.5. The van der Waals surface area contributed by atoms with Gasteiger partial charge in [0.1, 0.15) is 11.1 Å². The Morgan fingerprint density at radius 1 is 1.69 bits per heavy atom. The summed E-state index contributed by atoms with van der Waals surface area (Å²) in [6.07, 6.45) is 1.73. The van der Waals surface area contributed by atoms with Crippen LogP contribution < -0.4 is 10.1 Å². The third-order valence-electron chi connectivity index (χ3n) is 1.53. The third-order valence-corrected chi connectivity index (χ3v) is 1.82. The second kappa shape index (κ2) is 5.04. The number of nitrogens with zero attached hydrogens (tertiary/aromatic N) is 1. The molecule has 0 spiro atoms. The van der Waals surface area contributed by atoms with E-state index in [1.807, 2.05) is 14.0 Å². The minimum Gasteiger partial charge on any atom is -0.472 e. The van der Waals surface area contributed by atoms with E-state index in [9.17, 15) is 0 Å². The van der Waals surface area contributed by atoms with Crippen LogP contribution in [0.1, 0.15) is 6.92 Å². The van der Waals surface area contributed by atoms with Crippen LogP contribution in [0.25, 0.3) is 0 Å². The van der Waals surface area contributed by atoms with E-state index in [2.05, 4.69) is 10.3 Å². The van der Waals surface area contributed by atoms with Crippen LogP contribution in [-0.2, 0) is 0 Å². The summed E-state index contributed by atoms with van der Waals surface area (Å²) in [5, 5.41) is 3.56. The van der Waals surface area contributed by atoms with Crippen LogP contribution >= 0.6 is 11.6 Å². The van der Waals surface area contributed by atoms with Gasteiger partial charge in [0.2, 0.25) is 5.88 Å². The van der Waals surface area contributed by atoms with Crippen molar-refractivity contribution in [2.75, 3.05) is 13.6 Å². The molecule has 13 heavy (non-hydrogen) atoms. The van der Waals surface area contributed by atoms with Gasteiger partial charge in [0.25, 0.3) is 0 Å². The maximum Gasteiger partial charge on any atom is 0.232 e. The lowest BCUT2D eigenvalue weighted by atomic mass is 10.4. The van der Waals surface area contributed by atoms with E-state index in [0.717, 1.165) is 6.54 Å². The van der Waals surface area contributed by atoms with Gasteiger partial charge in [-0.05, 0) is 26.1 Å². The lowest BCUT2D eigenvalue weighted by Crippen LogP contribution is -2.26. The van der Waals surface area contributed by atoms with Gasteiger partial charge in [-0.3, -0.25) is 0 Å². The molecule has 0 aliphatic rings. The molecule has 1 heterocycles. The Balaban J connectivity index is 2.58. The van der Waals surface area contributed by atoms with Crippen LogP contribution in [0, 0.1) is 0 Å². The Kier molecular flexibility index (Phi) is 3.99. The van der Waals surface area contributed by atoms with Crippen molar-refractivity contribution >= 4 is 11.6 Å². The minimum atomic E-state index is 0.0670. The van der Waals surface area contributed by atoms with Crippen molar-refractivity contribution in [3.63, 3.8) is 0 Å². The van der Waals surface area contributed by atoms with E-state index >= 15 is 0 Å². The first-order chi connectivity index (χ1) is 6.24. The fraction of sp³-hybridized carbons (Fsp3) is 0.444. The molecular weight excluding hydrogens is 188 g/mol. The van der Waals surface area contributed by atoms with E-state index in [1.165, 1.54) is 0 Å². The van der Waals surface area contributed by atoms with Crippen molar-refractivity contribution in [2.24, 2.45) is 0 Å². The molecule has 1 N–H and O–H groups in total. The predicted octanol–water partition coefficient (Wildman–Crippen LogP) is 1.72. The van der Waals surface area contributed by atoms with E-state index in [0.29, 0.717) is 10.9 Å². The van der Waals surface area contributed by atoms with Crippen molar-refractivity contribution in [3.8, 4) is 5.88 Å². The van der Waals surface area contributed by atoms with Gasteiger partial charge in [0, 0.05) is 12.7 Å². The number of pyridine rings is 1. The maximum atomic E-state index is 5.86. The van der Waals surface area contributed by atoms with Gasteiger partial charge in [0.05, 0.1) is 0 Å². The highest BCUT2D eigenvalue weighted by Gasteiger charge is 2.06. The second-order valence-electron chi connectivity index (χ2n) is 2.78. The van der Waals surface area contributed by atoms with Crippen molar-refractivity contribution in [2.45, 2.75) is 13.0 Å². The van der Waals surface area contributed by atoms with Crippen LogP contribution in [0.15, 0.2) is 18.3 Å². The molecule has 1 atom stereocenters. The lowest BCUT2D eigenvalue weighted by molar-refractivity contribution is 0.212. The van der Waals surface area contributed by atoms with Gasteiger partial charge in [-0.25, -0.2) is 4.98 Å². The summed E-state index contributed by atoms with van der Waals surface area (Å²) in [7, 11) is 1.87. The van der Waals surface area contributed by atoms with Gasteiger partial charge < -0.3 is 10.1 Å². The zero-order valence-electron chi connectivity index (χ0n) is 7.75. The van der Waals surface area contributed by atoms with Gasteiger partial charge >= 0.3 is 0 Å². The highest BCUT2D eigenvalue weighted by molar-refractivity contribution is 6.31. The average Bonchev–Trinajstić information content (AvgIpc) is 2.09.